The van der Waals surface area contributed by atoms with Gasteiger partial charge in [0.15, 0.2) is 0 Å². The zero-order chi connectivity index (χ0) is 15.4. The fourth-order valence-electron chi connectivity index (χ4n) is 2.72. The minimum absolute atomic E-state index is 0.0988. The highest BCUT2D eigenvalue weighted by Gasteiger charge is 2.36. The molecule has 1 heterocycles. The van der Waals surface area contributed by atoms with Gasteiger partial charge in [0.2, 0.25) is 5.91 Å². The van der Waals surface area contributed by atoms with Crippen molar-refractivity contribution in [2.75, 3.05) is 13.6 Å². The Morgan fingerprint density at radius 3 is 2.67 bits per heavy atom. The van der Waals surface area contributed by atoms with Gasteiger partial charge in [-0.1, -0.05) is 30.3 Å². The predicted molar refractivity (Wildman–Crippen MR) is 79.7 cm³/mol. The SMILES string of the molecule is CC(C(=O)N1CCC[C@H]1C(=O)O)N(C)Cc1ccccc1. The maximum atomic E-state index is 12.5. The number of hydrogen-bond donors (Lipinski definition) is 1. The van der Waals surface area contributed by atoms with Crippen LogP contribution in [0.1, 0.15) is 25.3 Å². The summed E-state index contributed by atoms with van der Waals surface area (Å²) in [6.45, 7) is 3.04. The van der Waals surface area contributed by atoms with E-state index in [1.54, 1.807) is 0 Å². The summed E-state index contributed by atoms with van der Waals surface area (Å²) in [6.07, 6.45) is 1.31. The normalized spacial score (nSPS) is 19.8. The van der Waals surface area contributed by atoms with Gasteiger partial charge >= 0.3 is 5.97 Å². The minimum atomic E-state index is -0.904. The molecule has 0 saturated carbocycles. The van der Waals surface area contributed by atoms with Crippen LogP contribution in [-0.4, -0.2) is 52.5 Å². The molecule has 0 aliphatic carbocycles. The first kappa shape index (κ1) is 15.5. The van der Waals surface area contributed by atoms with Gasteiger partial charge in [-0.25, -0.2) is 4.79 Å². The van der Waals surface area contributed by atoms with Crippen LogP contribution in [0.2, 0.25) is 0 Å². The Morgan fingerprint density at radius 1 is 1.38 bits per heavy atom. The molecule has 0 aromatic heterocycles. The molecule has 1 aromatic rings. The van der Waals surface area contributed by atoms with Gasteiger partial charge < -0.3 is 10.0 Å². The number of likely N-dealkylation sites (N-methyl/N-ethyl adjacent to an activating group) is 1. The van der Waals surface area contributed by atoms with Crippen LogP contribution in [0, 0.1) is 0 Å². The Hall–Kier alpha value is -1.88. The van der Waals surface area contributed by atoms with Crippen molar-refractivity contribution in [3.63, 3.8) is 0 Å². The van der Waals surface area contributed by atoms with Gasteiger partial charge in [-0.15, -0.1) is 0 Å². The average Bonchev–Trinajstić information content (AvgIpc) is 2.96. The summed E-state index contributed by atoms with van der Waals surface area (Å²) in [6, 6.07) is 8.94. The topological polar surface area (TPSA) is 60.9 Å². The first-order chi connectivity index (χ1) is 10.0. The molecule has 0 radical (unpaired) electrons. The van der Waals surface area contributed by atoms with Gasteiger partial charge in [0.25, 0.3) is 0 Å². The second kappa shape index (κ2) is 6.72. The number of carbonyl (C=O) groups excluding carboxylic acids is 1. The zero-order valence-electron chi connectivity index (χ0n) is 12.5. The molecule has 2 rings (SSSR count). The molecule has 114 valence electrons. The Morgan fingerprint density at radius 2 is 2.05 bits per heavy atom. The highest BCUT2D eigenvalue weighted by Crippen LogP contribution is 2.20. The van der Waals surface area contributed by atoms with Crippen LogP contribution in [0.5, 0.6) is 0 Å². The van der Waals surface area contributed by atoms with Gasteiger partial charge in [-0.2, -0.15) is 0 Å². The lowest BCUT2D eigenvalue weighted by Crippen LogP contribution is -2.49. The Labute approximate surface area is 125 Å². The fourth-order valence-corrected chi connectivity index (χ4v) is 2.72. The van der Waals surface area contributed by atoms with E-state index in [4.69, 9.17) is 0 Å². The standard InChI is InChI=1S/C16H22N2O3/c1-12(17(2)11-13-7-4-3-5-8-13)15(19)18-10-6-9-14(18)16(20)21/h3-5,7-8,12,14H,6,9-11H2,1-2H3,(H,20,21)/t12?,14-/m0/s1. The first-order valence-corrected chi connectivity index (χ1v) is 7.28. The highest BCUT2D eigenvalue weighted by molar-refractivity contribution is 5.87. The quantitative estimate of drug-likeness (QED) is 0.894. The molecule has 1 fully saturated rings. The van der Waals surface area contributed by atoms with Gasteiger partial charge in [-0.05, 0) is 32.4 Å². The summed E-state index contributed by atoms with van der Waals surface area (Å²) in [5.74, 6) is -1.00. The van der Waals surface area contributed by atoms with E-state index in [0.29, 0.717) is 19.5 Å². The second-order valence-electron chi connectivity index (χ2n) is 5.60. The summed E-state index contributed by atoms with van der Waals surface area (Å²) >= 11 is 0. The maximum Gasteiger partial charge on any atom is 0.326 e. The second-order valence-corrected chi connectivity index (χ2v) is 5.60. The van der Waals surface area contributed by atoms with E-state index < -0.39 is 12.0 Å². The van der Waals surface area contributed by atoms with E-state index in [0.717, 1.165) is 12.0 Å². The lowest BCUT2D eigenvalue weighted by atomic mass is 10.1. The third kappa shape index (κ3) is 3.61. The molecule has 1 aliphatic rings. The minimum Gasteiger partial charge on any atom is -0.480 e. The van der Waals surface area contributed by atoms with E-state index >= 15 is 0 Å². The lowest BCUT2D eigenvalue weighted by Gasteiger charge is -2.30. The predicted octanol–water partition coefficient (Wildman–Crippen LogP) is 1.58. The largest absolute Gasteiger partial charge is 0.480 e. The van der Waals surface area contributed by atoms with E-state index in [1.165, 1.54) is 4.90 Å². The van der Waals surface area contributed by atoms with Crippen molar-refractivity contribution in [2.45, 2.75) is 38.4 Å². The Kier molecular flexibility index (Phi) is 4.96. The van der Waals surface area contributed by atoms with E-state index in [-0.39, 0.29) is 11.9 Å². The van der Waals surface area contributed by atoms with Gasteiger partial charge in [0, 0.05) is 13.1 Å². The smallest absolute Gasteiger partial charge is 0.326 e. The van der Waals surface area contributed by atoms with Crippen molar-refractivity contribution >= 4 is 11.9 Å². The van der Waals surface area contributed by atoms with Crippen LogP contribution in [-0.2, 0) is 16.1 Å². The number of rotatable bonds is 5. The van der Waals surface area contributed by atoms with Crippen molar-refractivity contribution in [1.82, 2.24) is 9.80 Å². The number of benzene rings is 1. The van der Waals surface area contributed by atoms with Crippen molar-refractivity contribution in [3.8, 4) is 0 Å². The van der Waals surface area contributed by atoms with Gasteiger partial charge in [0.1, 0.15) is 6.04 Å². The molecule has 5 heteroatoms. The van der Waals surface area contributed by atoms with E-state index in [1.807, 2.05) is 49.2 Å². The van der Waals surface area contributed by atoms with Crippen LogP contribution < -0.4 is 0 Å². The average molecular weight is 290 g/mol. The van der Waals surface area contributed by atoms with E-state index in [9.17, 15) is 14.7 Å². The highest BCUT2D eigenvalue weighted by atomic mass is 16.4. The molecule has 21 heavy (non-hydrogen) atoms. The van der Waals surface area contributed by atoms with Crippen molar-refractivity contribution in [2.24, 2.45) is 0 Å². The Bertz CT molecular complexity index is 504. The lowest BCUT2D eigenvalue weighted by molar-refractivity contribution is -0.150. The number of amides is 1. The number of carboxylic acid groups (broad SMARTS) is 1. The molecule has 1 N–H and O–H groups in total. The third-order valence-corrected chi connectivity index (χ3v) is 4.11. The fraction of sp³-hybridized carbons (Fsp3) is 0.500. The zero-order valence-corrected chi connectivity index (χ0v) is 12.5. The number of hydrogen-bond acceptors (Lipinski definition) is 3. The summed E-state index contributed by atoms with van der Waals surface area (Å²) < 4.78 is 0. The number of carboxylic acids is 1. The monoisotopic (exact) mass is 290 g/mol. The summed E-state index contributed by atoms with van der Waals surface area (Å²) in [7, 11) is 1.89. The van der Waals surface area contributed by atoms with Gasteiger partial charge in [0.05, 0.1) is 6.04 Å². The molecule has 1 aliphatic heterocycles. The molecule has 1 saturated heterocycles. The molecule has 2 atom stereocenters. The number of aliphatic carboxylic acids is 1. The van der Waals surface area contributed by atoms with Gasteiger partial charge in [-0.3, -0.25) is 9.69 Å². The molecule has 1 amide bonds. The number of likely N-dealkylation sites (tertiary alicyclic amines) is 1. The van der Waals surface area contributed by atoms with Crippen LogP contribution in [0.3, 0.4) is 0 Å². The Balaban J connectivity index is 2.00. The van der Waals surface area contributed by atoms with Crippen LogP contribution in [0.15, 0.2) is 30.3 Å². The van der Waals surface area contributed by atoms with Crippen molar-refractivity contribution < 1.29 is 14.7 Å². The van der Waals surface area contributed by atoms with Crippen molar-refractivity contribution in [3.05, 3.63) is 35.9 Å². The van der Waals surface area contributed by atoms with Crippen LogP contribution in [0.4, 0.5) is 0 Å². The van der Waals surface area contributed by atoms with E-state index in [2.05, 4.69) is 0 Å². The summed E-state index contributed by atoms with van der Waals surface area (Å²) in [4.78, 5) is 27.2. The third-order valence-electron chi connectivity index (χ3n) is 4.11. The number of carbonyl (C=O) groups is 2. The van der Waals surface area contributed by atoms with Crippen LogP contribution in [0.25, 0.3) is 0 Å². The maximum absolute atomic E-state index is 12.5. The number of nitrogens with zero attached hydrogens (tertiary/aromatic N) is 2. The molecule has 0 bridgehead atoms. The molecular weight excluding hydrogens is 268 g/mol. The molecular formula is C16H22N2O3. The molecule has 5 nitrogen and oxygen atoms in total. The van der Waals surface area contributed by atoms with Crippen LogP contribution >= 0.6 is 0 Å². The summed E-state index contributed by atoms with van der Waals surface area (Å²) in [5, 5.41) is 9.18. The first-order valence-electron chi connectivity index (χ1n) is 7.28. The molecule has 0 spiro atoms. The van der Waals surface area contributed by atoms with Crippen molar-refractivity contribution in [1.29, 1.82) is 0 Å². The summed E-state index contributed by atoms with van der Waals surface area (Å²) in [5.41, 5.74) is 1.14. The molecule has 1 unspecified atom stereocenters. The molecule has 1 aromatic carbocycles.